The maximum absolute atomic E-state index is 13.3. The number of rotatable bonds is 6. The van der Waals surface area contributed by atoms with E-state index in [-0.39, 0.29) is 18.1 Å². The summed E-state index contributed by atoms with van der Waals surface area (Å²) in [7, 11) is 0. The second-order valence-electron chi connectivity index (χ2n) is 6.69. The van der Waals surface area contributed by atoms with E-state index in [2.05, 4.69) is 10.3 Å². The van der Waals surface area contributed by atoms with Crippen LogP contribution in [0, 0.1) is 21.8 Å². The van der Waals surface area contributed by atoms with Crippen molar-refractivity contribution in [2.75, 3.05) is 0 Å². The van der Waals surface area contributed by atoms with Gasteiger partial charge in [-0.2, -0.15) is 0 Å². The largest absolute Gasteiger partial charge is 0.347 e. The quantitative estimate of drug-likeness (QED) is 0.535. The molecule has 138 valence electrons. The molecule has 0 aliphatic heterocycles. The summed E-state index contributed by atoms with van der Waals surface area (Å²) in [4.78, 5) is 27.2. The molecular formula is C19H17FN4O3. The summed E-state index contributed by atoms with van der Waals surface area (Å²) in [6, 6.07) is 12.2. The Hall–Kier alpha value is -3.29. The summed E-state index contributed by atoms with van der Waals surface area (Å²) in [6.07, 6.45) is 1.94. The minimum Gasteiger partial charge on any atom is -0.347 e. The molecule has 1 saturated carbocycles. The molecule has 4 rings (SSSR count). The Morgan fingerprint density at radius 1 is 1.30 bits per heavy atom. The van der Waals surface area contributed by atoms with E-state index >= 15 is 0 Å². The molecule has 3 aromatic rings. The molecule has 1 aliphatic rings. The van der Waals surface area contributed by atoms with Crippen LogP contribution in [0.3, 0.4) is 0 Å². The fraction of sp³-hybridized carbons (Fsp3) is 0.263. The van der Waals surface area contributed by atoms with Crippen molar-refractivity contribution >= 4 is 16.9 Å². The van der Waals surface area contributed by atoms with E-state index in [1.165, 1.54) is 12.1 Å². The number of halogens is 1. The summed E-state index contributed by atoms with van der Waals surface area (Å²) in [5.74, 6) is -1.33. The van der Waals surface area contributed by atoms with Crippen molar-refractivity contribution in [3.05, 3.63) is 76.4 Å². The van der Waals surface area contributed by atoms with Crippen molar-refractivity contribution in [2.45, 2.75) is 25.0 Å². The summed E-state index contributed by atoms with van der Waals surface area (Å²) in [6.45, 7) is 0.383. The number of hydrogen-bond donors (Lipinski definition) is 1. The SMILES string of the molecule is O=C(N[C@H](Cn1cnc2ccccc21)c1ccc(F)cc1)[C@H]1C[C@H]1[N+](=O)[O-]. The van der Waals surface area contributed by atoms with Crippen LogP contribution >= 0.6 is 0 Å². The number of nitro groups is 1. The second-order valence-corrected chi connectivity index (χ2v) is 6.69. The van der Waals surface area contributed by atoms with Crippen molar-refractivity contribution in [3.63, 3.8) is 0 Å². The molecular weight excluding hydrogens is 351 g/mol. The van der Waals surface area contributed by atoms with Crippen LogP contribution in [-0.4, -0.2) is 26.4 Å². The molecule has 0 unspecified atom stereocenters. The highest BCUT2D eigenvalue weighted by atomic mass is 19.1. The molecule has 0 spiro atoms. The second kappa shape index (κ2) is 6.79. The van der Waals surface area contributed by atoms with Gasteiger partial charge >= 0.3 is 0 Å². The average Bonchev–Trinajstić information content (AvgIpc) is 3.38. The summed E-state index contributed by atoms with van der Waals surface area (Å²) >= 11 is 0. The molecule has 1 aliphatic carbocycles. The number of imidazole rings is 1. The van der Waals surface area contributed by atoms with Gasteiger partial charge in [-0.15, -0.1) is 0 Å². The Balaban J connectivity index is 1.59. The van der Waals surface area contributed by atoms with E-state index in [0.29, 0.717) is 6.54 Å². The van der Waals surface area contributed by atoms with Crippen LogP contribution in [-0.2, 0) is 11.3 Å². The molecule has 0 radical (unpaired) electrons. The van der Waals surface area contributed by atoms with Crippen LogP contribution in [0.5, 0.6) is 0 Å². The zero-order valence-corrected chi connectivity index (χ0v) is 14.3. The Bertz CT molecular complexity index is 1000. The van der Waals surface area contributed by atoms with Gasteiger partial charge in [0.05, 0.1) is 23.4 Å². The van der Waals surface area contributed by atoms with E-state index in [9.17, 15) is 19.3 Å². The lowest BCUT2D eigenvalue weighted by atomic mass is 10.1. The van der Waals surface area contributed by atoms with E-state index in [4.69, 9.17) is 0 Å². The average molecular weight is 368 g/mol. The molecule has 1 heterocycles. The first-order valence-corrected chi connectivity index (χ1v) is 8.62. The number of hydrogen-bond acceptors (Lipinski definition) is 4. The molecule has 2 aromatic carbocycles. The first kappa shape index (κ1) is 17.1. The van der Waals surface area contributed by atoms with Gasteiger partial charge < -0.3 is 9.88 Å². The zero-order chi connectivity index (χ0) is 19.0. The monoisotopic (exact) mass is 368 g/mol. The fourth-order valence-corrected chi connectivity index (χ4v) is 3.26. The van der Waals surface area contributed by atoms with Gasteiger partial charge in [0.15, 0.2) is 0 Å². The minimum absolute atomic E-state index is 0.253. The lowest BCUT2D eigenvalue weighted by Crippen LogP contribution is -2.33. The van der Waals surface area contributed by atoms with Gasteiger partial charge in [0.25, 0.3) is 0 Å². The third-order valence-corrected chi connectivity index (χ3v) is 4.86. The molecule has 1 N–H and O–H groups in total. The van der Waals surface area contributed by atoms with Crippen LogP contribution < -0.4 is 5.32 Å². The normalized spacial score (nSPS) is 19.6. The Labute approximate surface area is 154 Å². The first-order valence-electron chi connectivity index (χ1n) is 8.62. The van der Waals surface area contributed by atoms with Crippen LogP contribution in [0.25, 0.3) is 11.0 Å². The smallest absolute Gasteiger partial charge is 0.230 e. The van der Waals surface area contributed by atoms with Gasteiger partial charge in [-0.3, -0.25) is 14.9 Å². The summed E-state index contributed by atoms with van der Waals surface area (Å²) < 4.78 is 15.2. The molecule has 27 heavy (non-hydrogen) atoms. The van der Waals surface area contributed by atoms with E-state index in [1.54, 1.807) is 18.5 Å². The number of nitrogens with one attached hydrogen (secondary N) is 1. The Morgan fingerprint density at radius 3 is 2.74 bits per heavy atom. The number of benzene rings is 2. The van der Waals surface area contributed by atoms with Gasteiger partial charge in [-0.05, 0) is 29.8 Å². The van der Waals surface area contributed by atoms with E-state index in [0.717, 1.165) is 16.6 Å². The third kappa shape index (κ3) is 3.51. The van der Waals surface area contributed by atoms with Crippen LogP contribution in [0.15, 0.2) is 54.9 Å². The number of carbonyl (C=O) groups excluding carboxylic acids is 1. The molecule has 1 fully saturated rings. The fourth-order valence-electron chi connectivity index (χ4n) is 3.26. The maximum Gasteiger partial charge on any atom is 0.230 e. The van der Waals surface area contributed by atoms with Crippen molar-refractivity contribution < 1.29 is 14.1 Å². The van der Waals surface area contributed by atoms with Crippen LogP contribution in [0.1, 0.15) is 18.0 Å². The highest BCUT2D eigenvalue weighted by Crippen LogP contribution is 2.34. The first-order chi connectivity index (χ1) is 13.0. The van der Waals surface area contributed by atoms with Crippen molar-refractivity contribution in [1.29, 1.82) is 0 Å². The van der Waals surface area contributed by atoms with E-state index < -0.39 is 22.9 Å². The summed E-state index contributed by atoms with van der Waals surface area (Å²) in [5.41, 5.74) is 2.46. The van der Waals surface area contributed by atoms with Gasteiger partial charge in [0, 0.05) is 17.9 Å². The molecule has 1 aromatic heterocycles. The topological polar surface area (TPSA) is 90.1 Å². The molecule has 0 saturated heterocycles. The molecule has 0 bridgehead atoms. The van der Waals surface area contributed by atoms with Crippen molar-refractivity contribution in [2.24, 2.45) is 5.92 Å². The number of nitrogens with zero attached hydrogens (tertiary/aromatic N) is 3. The number of amides is 1. The lowest BCUT2D eigenvalue weighted by Gasteiger charge is -2.20. The predicted molar refractivity (Wildman–Crippen MR) is 95.9 cm³/mol. The van der Waals surface area contributed by atoms with Crippen molar-refractivity contribution in [1.82, 2.24) is 14.9 Å². The predicted octanol–water partition coefficient (Wildman–Crippen LogP) is 2.70. The maximum atomic E-state index is 13.3. The third-order valence-electron chi connectivity index (χ3n) is 4.86. The van der Waals surface area contributed by atoms with Crippen LogP contribution in [0.2, 0.25) is 0 Å². The molecule has 8 heteroatoms. The van der Waals surface area contributed by atoms with Gasteiger partial charge in [-0.25, -0.2) is 9.37 Å². The summed E-state index contributed by atoms with van der Waals surface area (Å²) in [5, 5.41) is 13.7. The highest BCUT2D eigenvalue weighted by molar-refractivity contribution is 5.82. The molecule has 7 nitrogen and oxygen atoms in total. The van der Waals surface area contributed by atoms with Crippen LogP contribution in [0.4, 0.5) is 4.39 Å². The number of aromatic nitrogens is 2. The number of fused-ring (bicyclic) bond motifs is 1. The molecule has 3 atom stereocenters. The van der Waals surface area contributed by atoms with Gasteiger partial charge in [-0.1, -0.05) is 24.3 Å². The Morgan fingerprint density at radius 2 is 2.04 bits per heavy atom. The number of carbonyl (C=O) groups is 1. The highest BCUT2D eigenvalue weighted by Gasteiger charge is 2.53. The van der Waals surface area contributed by atoms with Crippen molar-refractivity contribution in [3.8, 4) is 0 Å². The van der Waals surface area contributed by atoms with E-state index in [1.807, 2.05) is 28.8 Å². The molecule has 1 amide bonds. The van der Waals surface area contributed by atoms with Gasteiger partial charge in [0.1, 0.15) is 11.7 Å². The standard InChI is InChI=1S/C19H17FN4O3/c20-13-7-5-12(6-8-13)16(22-19(25)14-9-18(14)24(26)27)10-23-11-21-15-3-1-2-4-17(15)23/h1-8,11,14,16,18H,9-10H2,(H,22,25)/t14-,16+,18+/m0/s1. The van der Waals surface area contributed by atoms with Gasteiger partial charge in [0.2, 0.25) is 11.9 Å². The lowest BCUT2D eigenvalue weighted by molar-refractivity contribution is -0.497. The number of para-hydroxylation sites is 2. The minimum atomic E-state index is -0.812. The zero-order valence-electron chi connectivity index (χ0n) is 14.3. The Kier molecular flexibility index (Phi) is 4.31.